The fourth-order valence-electron chi connectivity index (χ4n) is 4.02. The standard InChI is InChI=1S/C20H30N2O2/c1-24-19-5-3-2-4-18(19)14-16-9-12-22(13-10-16)20(23)7-6-17-8-11-21-15-17/h2-5,16-17,21H,6-15H2,1H3. The monoisotopic (exact) mass is 330 g/mol. The number of hydrogen-bond acceptors (Lipinski definition) is 3. The van der Waals surface area contributed by atoms with E-state index < -0.39 is 0 Å². The molecule has 132 valence electrons. The topological polar surface area (TPSA) is 41.6 Å². The van der Waals surface area contributed by atoms with Crippen LogP contribution >= 0.6 is 0 Å². The van der Waals surface area contributed by atoms with Gasteiger partial charge in [0.25, 0.3) is 0 Å². The number of piperidine rings is 1. The third-order valence-corrected chi connectivity index (χ3v) is 5.60. The highest BCUT2D eigenvalue weighted by Gasteiger charge is 2.24. The molecule has 2 heterocycles. The van der Waals surface area contributed by atoms with Crippen molar-refractivity contribution >= 4 is 5.91 Å². The van der Waals surface area contributed by atoms with Crippen molar-refractivity contribution in [3.05, 3.63) is 29.8 Å². The van der Waals surface area contributed by atoms with Crippen LogP contribution in [0.25, 0.3) is 0 Å². The molecule has 4 nitrogen and oxygen atoms in total. The first-order valence-electron chi connectivity index (χ1n) is 9.36. The van der Waals surface area contributed by atoms with E-state index in [4.69, 9.17) is 4.74 Å². The molecule has 1 N–H and O–H groups in total. The molecule has 2 aliphatic rings. The maximum Gasteiger partial charge on any atom is 0.222 e. The number of likely N-dealkylation sites (tertiary alicyclic amines) is 1. The fourth-order valence-corrected chi connectivity index (χ4v) is 4.02. The summed E-state index contributed by atoms with van der Waals surface area (Å²) in [5.41, 5.74) is 1.29. The van der Waals surface area contributed by atoms with E-state index >= 15 is 0 Å². The normalized spacial score (nSPS) is 21.9. The second kappa shape index (κ2) is 8.52. The Morgan fingerprint density at radius 1 is 1.21 bits per heavy atom. The van der Waals surface area contributed by atoms with Crippen LogP contribution in [-0.2, 0) is 11.2 Å². The maximum absolute atomic E-state index is 12.4. The van der Waals surface area contributed by atoms with Gasteiger partial charge in [-0.05, 0) is 68.7 Å². The minimum atomic E-state index is 0.359. The molecule has 2 fully saturated rings. The predicted molar refractivity (Wildman–Crippen MR) is 96.2 cm³/mol. The summed E-state index contributed by atoms with van der Waals surface area (Å²) in [5, 5.41) is 3.38. The fraction of sp³-hybridized carbons (Fsp3) is 0.650. The number of amides is 1. The molecular formula is C20H30N2O2. The van der Waals surface area contributed by atoms with Gasteiger partial charge in [-0.3, -0.25) is 4.79 Å². The highest BCUT2D eigenvalue weighted by molar-refractivity contribution is 5.76. The van der Waals surface area contributed by atoms with Crippen LogP contribution in [0.1, 0.15) is 37.7 Å². The molecule has 1 unspecified atom stereocenters. The molecule has 0 bridgehead atoms. The van der Waals surface area contributed by atoms with Gasteiger partial charge in [0.2, 0.25) is 5.91 Å². The second-order valence-corrected chi connectivity index (χ2v) is 7.24. The van der Waals surface area contributed by atoms with E-state index in [2.05, 4.69) is 22.3 Å². The van der Waals surface area contributed by atoms with Crippen molar-refractivity contribution in [3.63, 3.8) is 0 Å². The molecule has 0 radical (unpaired) electrons. The number of carbonyl (C=O) groups excluding carboxylic acids is 1. The van der Waals surface area contributed by atoms with Gasteiger partial charge in [0, 0.05) is 19.5 Å². The smallest absolute Gasteiger partial charge is 0.222 e. The minimum Gasteiger partial charge on any atom is -0.496 e. The molecule has 1 aromatic rings. The number of para-hydroxylation sites is 1. The van der Waals surface area contributed by atoms with Gasteiger partial charge in [0.1, 0.15) is 5.75 Å². The molecule has 0 saturated carbocycles. The van der Waals surface area contributed by atoms with Crippen LogP contribution in [0.15, 0.2) is 24.3 Å². The summed E-state index contributed by atoms with van der Waals surface area (Å²) in [6.45, 7) is 4.05. The second-order valence-electron chi connectivity index (χ2n) is 7.24. The molecule has 2 aliphatic heterocycles. The van der Waals surface area contributed by atoms with E-state index in [-0.39, 0.29) is 0 Å². The summed E-state index contributed by atoms with van der Waals surface area (Å²) in [4.78, 5) is 14.5. The van der Waals surface area contributed by atoms with Crippen molar-refractivity contribution in [2.75, 3.05) is 33.3 Å². The average Bonchev–Trinajstić information content (AvgIpc) is 3.14. The molecule has 0 aromatic heterocycles. The Morgan fingerprint density at radius 2 is 2.00 bits per heavy atom. The lowest BCUT2D eigenvalue weighted by Crippen LogP contribution is -2.39. The summed E-state index contributed by atoms with van der Waals surface area (Å²) in [6, 6.07) is 8.29. The van der Waals surface area contributed by atoms with Gasteiger partial charge in [0.05, 0.1) is 7.11 Å². The minimum absolute atomic E-state index is 0.359. The van der Waals surface area contributed by atoms with Crippen LogP contribution in [0.5, 0.6) is 5.75 Å². The van der Waals surface area contributed by atoms with E-state index in [1.807, 2.05) is 12.1 Å². The quantitative estimate of drug-likeness (QED) is 0.872. The van der Waals surface area contributed by atoms with Gasteiger partial charge in [0.15, 0.2) is 0 Å². The van der Waals surface area contributed by atoms with E-state index in [0.29, 0.717) is 17.7 Å². The lowest BCUT2D eigenvalue weighted by Gasteiger charge is -2.32. The zero-order chi connectivity index (χ0) is 16.8. The Bertz CT molecular complexity index is 532. The number of rotatable bonds is 6. The molecule has 1 atom stereocenters. The lowest BCUT2D eigenvalue weighted by atomic mass is 9.89. The first-order valence-corrected chi connectivity index (χ1v) is 9.36. The van der Waals surface area contributed by atoms with Gasteiger partial charge in [-0.1, -0.05) is 18.2 Å². The molecule has 2 saturated heterocycles. The van der Waals surface area contributed by atoms with E-state index in [0.717, 1.165) is 64.0 Å². The SMILES string of the molecule is COc1ccccc1CC1CCN(C(=O)CCC2CCNC2)CC1. The van der Waals surface area contributed by atoms with Crippen molar-refractivity contribution in [1.82, 2.24) is 10.2 Å². The highest BCUT2D eigenvalue weighted by Crippen LogP contribution is 2.27. The average molecular weight is 330 g/mol. The zero-order valence-electron chi connectivity index (χ0n) is 14.8. The molecule has 0 spiro atoms. The molecule has 24 heavy (non-hydrogen) atoms. The summed E-state index contributed by atoms with van der Waals surface area (Å²) in [6.07, 6.45) is 6.27. The summed E-state index contributed by atoms with van der Waals surface area (Å²) in [7, 11) is 1.74. The molecular weight excluding hydrogens is 300 g/mol. The van der Waals surface area contributed by atoms with Gasteiger partial charge in [-0.15, -0.1) is 0 Å². The van der Waals surface area contributed by atoms with Gasteiger partial charge < -0.3 is 15.0 Å². The number of ether oxygens (including phenoxy) is 1. The third-order valence-electron chi connectivity index (χ3n) is 5.60. The lowest BCUT2D eigenvalue weighted by molar-refractivity contribution is -0.132. The van der Waals surface area contributed by atoms with Gasteiger partial charge in [-0.2, -0.15) is 0 Å². The van der Waals surface area contributed by atoms with Crippen LogP contribution in [0, 0.1) is 11.8 Å². The van der Waals surface area contributed by atoms with Crippen molar-refractivity contribution in [2.24, 2.45) is 11.8 Å². The van der Waals surface area contributed by atoms with Crippen LogP contribution in [0.4, 0.5) is 0 Å². The Labute approximate surface area is 145 Å². The summed E-state index contributed by atoms with van der Waals surface area (Å²) >= 11 is 0. The van der Waals surface area contributed by atoms with E-state index in [1.54, 1.807) is 7.11 Å². The highest BCUT2D eigenvalue weighted by atomic mass is 16.5. The van der Waals surface area contributed by atoms with Crippen LogP contribution < -0.4 is 10.1 Å². The van der Waals surface area contributed by atoms with Crippen molar-refractivity contribution in [3.8, 4) is 5.75 Å². The van der Waals surface area contributed by atoms with Crippen LogP contribution in [-0.4, -0.2) is 44.1 Å². The molecule has 1 amide bonds. The Hall–Kier alpha value is -1.55. The van der Waals surface area contributed by atoms with E-state index in [9.17, 15) is 4.79 Å². The number of nitrogens with zero attached hydrogens (tertiary/aromatic N) is 1. The van der Waals surface area contributed by atoms with Crippen LogP contribution in [0.3, 0.4) is 0 Å². The molecule has 3 rings (SSSR count). The number of carbonyl (C=O) groups is 1. The summed E-state index contributed by atoms with van der Waals surface area (Å²) in [5.74, 6) is 2.71. The first kappa shape index (κ1) is 17.3. The summed E-state index contributed by atoms with van der Waals surface area (Å²) < 4.78 is 5.46. The number of methoxy groups -OCH3 is 1. The molecule has 0 aliphatic carbocycles. The number of benzene rings is 1. The van der Waals surface area contributed by atoms with Crippen molar-refractivity contribution < 1.29 is 9.53 Å². The largest absolute Gasteiger partial charge is 0.496 e. The Kier molecular flexibility index (Phi) is 6.13. The van der Waals surface area contributed by atoms with Crippen molar-refractivity contribution in [2.45, 2.75) is 38.5 Å². The Balaban J connectivity index is 1.42. The third kappa shape index (κ3) is 4.50. The molecule has 1 aromatic carbocycles. The van der Waals surface area contributed by atoms with E-state index in [1.165, 1.54) is 12.0 Å². The zero-order valence-corrected chi connectivity index (χ0v) is 14.8. The number of hydrogen-bond donors (Lipinski definition) is 1. The first-order chi connectivity index (χ1) is 11.8. The van der Waals surface area contributed by atoms with Gasteiger partial charge >= 0.3 is 0 Å². The predicted octanol–water partition coefficient (Wildman–Crippen LogP) is 2.87. The van der Waals surface area contributed by atoms with Crippen LogP contribution in [0.2, 0.25) is 0 Å². The van der Waals surface area contributed by atoms with Crippen molar-refractivity contribution in [1.29, 1.82) is 0 Å². The Morgan fingerprint density at radius 3 is 2.71 bits per heavy atom. The maximum atomic E-state index is 12.4. The number of nitrogens with one attached hydrogen (secondary N) is 1. The molecule has 4 heteroatoms. The van der Waals surface area contributed by atoms with Gasteiger partial charge in [-0.25, -0.2) is 0 Å².